The molecule has 0 aromatic carbocycles. The van der Waals surface area contributed by atoms with E-state index in [2.05, 4.69) is 20.9 Å². The van der Waals surface area contributed by atoms with Crippen molar-refractivity contribution in [2.75, 3.05) is 6.61 Å². The van der Waals surface area contributed by atoms with Crippen LogP contribution in [0.15, 0.2) is 6.20 Å². The van der Waals surface area contributed by atoms with Gasteiger partial charge in [-0.1, -0.05) is 5.21 Å². The molecule has 1 atom stereocenters. The predicted molar refractivity (Wildman–Crippen MR) is 105 cm³/mol. The highest BCUT2D eigenvalue weighted by Gasteiger charge is 2.34. The monoisotopic (exact) mass is 391 g/mol. The van der Waals surface area contributed by atoms with E-state index in [1.807, 2.05) is 27.7 Å². The van der Waals surface area contributed by atoms with Crippen molar-refractivity contribution in [3.05, 3.63) is 11.9 Å². The minimum atomic E-state index is -0.218. The average Bonchev–Trinajstić information content (AvgIpc) is 3.11. The lowest BCUT2D eigenvalue weighted by molar-refractivity contribution is -0.136. The van der Waals surface area contributed by atoms with Crippen molar-refractivity contribution in [3.63, 3.8) is 0 Å². The minimum Gasteiger partial charge on any atom is -0.376 e. The van der Waals surface area contributed by atoms with Gasteiger partial charge in [-0.25, -0.2) is 4.68 Å². The number of aromatic nitrogens is 3. The van der Waals surface area contributed by atoms with Gasteiger partial charge >= 0.3 is 0 Å². The fourth-order valence-electron chi connectivity index (χ4n) is 4.15. The minimum absolute atomic E-state index is 0.0406. The SMILES string of the molecule is CC(C)NC(=O)c1cn(C2CCC(NC(=O)[C@H]3CCOC(C)(C)C3)CC2)nn1. The van der Waals surface area contributed by atoms with Gasteiger partial charge in [0, 0.05) is 24.6 Å². The summed E-state index contributed by atoms with van der Waals surface area (Å²) in [5.74, 6) is 0.00799. The molecule has 1 aliphatic carbocycles. The molecule has 0 radical (unpaired) electrons. The Labute approximate surface area is 166 Å². The first kappa shape index (κ1) is 20.8. The Bertz CT molecular complexity index is 692. The molecule has 1 aromatic rings. The molecule has 3 rings (SSSR count). The fourth-order valence-corrected chi connectivity index (χ4v) is 4.15. The lowest BCUT2D eigenvalue weighted by atomic mass is 9.86. The second kappa shape index (κ2) is 8.59. The Kier molecular flexibility index (Phi) is 6.37. The average molecular weight is 392 g/mol. The number of nitrogens with one attached hydrogen (secondary N) is 2. The highest BCUT2D eigenvalue weighted by atomic mass is 16.5. The summed E-state index contributed by atoms with van der Waals surface area (Å²) in [6, 6.07) is 0.503. The van der Waals surface area contributed by atoms with Gasteiger partial charge in [0.05, 0.1) is 17.8 Å². The fraction of sp³-hybridized carbons (Fsp3) is 0.800. The molecule has 2 heterocycles. The van der Waals surface area contributed by atoms with Crippen molar-refractivity contribution in [2.45, 2.75) is 89.9 Å². The molecule has 1 aromatic heterocycles. The summed E-state index contributed by atoms with van der Waals surface area (Å²) in [6.07, 6.45) is 6.95. The van der Waals surface area contributed by atoms with E-state index in [1.165, 1.54) is 0 Å². The van der Waals surface area contributed by atoms with Crippen molar-refractivity contribution in [3.8, 4) is 0 Å². The topological polar surface area (TPSA) is 98.1 Å². The van der Waals surface area contributed by atoms with Crippen molar-refractivity contribution in [1.29, 1.82) is 0 Å². The zero-order chi connectivity index (χ0) is 20.3. The largest absolute Gasteiger partial charge is 0.376 e. The number of hydrogen-bond acceptors (Lipinski definition) is 5. The van der Waals surface area contributed by atoms with Gasteiger partial charge in [-0.2, -0.15) is 0 Å². The Hall–Kier alpha value is -1.96. The van der Waals surface area contributed by atoms with E-state index in [0.29, 0.717) is 12.3 Å². The lowest BCUT2D eigenvalue weighted by Crippen LogP contribution is -2.45. The lowest BCUT2D eigenvalue weighted by Gasteiger charge is -2.36. The number of ether oxygens (including phenoxy) is 1. The Morgan fingerprint density at radius 3 is 2.57 bits per heavy atom. The summed E-state index contributed by atoms with van der Waals surface area (Å²) in [4.78, 5) is 24.7. The second-order valence-corrected chi connectivity index (χ2v) is 9.02. The molecule has 2 fully saturated rings. The summed E-state index contributed by atoms with van der Waals surface area (Å²) in [6.45, 7) is 8.58. The zero-order valence-electron chi connectivity index (χ0n) is 17.4. The summed E-state index contributed by atoms with van der Waals surface area (Å²) in [7, 11) is 0. The molecule has 2 aliphatic rings. The Morgan fingerprint density at radius 2 is 1.93 bits per heavy atom. The number of amides is 2. The highest BCUT2D eigenvalue weighted by Crippen LogP contribution is 2.31. The zero-order valence-corrected chi connectivity index (χ0v) is 17.4. The molecule has 0 unspecified atom stereocenters. The van der Waals surface area contributed by atoms with E-state index in [4.69, 9.17) is 4.74 Å². The third kappa shape index (κ3) is 5.31. The van der Waals surface area contributed by atoms with Crippen molar-refractivity contribution in [1.82, 2.24) is 25.6 Å². The van der Waals surface area contributed by atoms with Crippen molar-refractivity contribution < 1.29 is 14.3 Å². The van der Waals surface area contributed by atoms with Crippen LogP contribution in [0, 0.1) is 5.92 Å². The first-order valence-corrected chi connectivity index (χ1v) is 10.4. The molecule has 0 bridgehead atoms. The summed E-state index contributed by atoms with van der Waals surface area (Å²) < 4.78 is 7.51. The van der Waals surface area contributed by atoms with Gasteiger partial charge < -0.3 is 15.4 Å². The molecule has 1 aliphatic heterocycles. The van der Waals surface area contributed by atoms with Gasteiger partial charge in [0.1, 0.15) is 0 Å². The van der Waals surface area contributed by atoms with Gasteiger partial charge in [-0.15, -0.1) is 5.10 Å². The third-order valence-electron chi connectivity index (χ3n) is 5.65. The van der Waals surface area contributed by atoms with E-state index >= 15 is 0 Å². The first-order chi connectivity index (χ1) is 13.2. The van der Waals surface area contributed by atoms with Crippen LogP contribution in [0.1, 0.15) is 82.8 Å². The van der Waals surface area contributed by atoms with Crippen LogP contribution >= 0.6 is 0 Å². The number of carbonyl (C=O) groups is 2. The van der Waals surface area contributed by atoms with Crippen LogP contribution in [0.3, 0.4) is 0 Å². The predicted octanol–water partition coefficient (Wildman–Crippen LogP) is 2.22. The van der Waals surface area contributed by atoms with Gasteiger partial charge in [0.15, 0.2) is 5.69 Å². The Balaban J connectivity index is 1.47. The standard InChI is InChI=1S/C20H33N5O3/c1-13(2)21-19(27)17-12-25(24-23-17)16-7-5-15(6-8-16)22-18(26)14-9-10-28-20(3,4)11-14/h12-16H,5-11H2,1-4H3,(H,21,27)(H,22,26)/t14-,15?,16?/m0/s1. The van der Waals surface area contributed by atoms with E-state index in [9.17, 15) is 9.59 Å². The summed E-state index contributed by atoms with van der Waals surface area (Å²) in [5.41, 5.74) is 0.135. The van der Waals surface area contributed by atoms with Gasteiger partial charge in [0.25, 0.3) is 5.91 Å². The maximum absolute atomic E-state index is 12.6. The van der Waals surface area contributed by atoms with Crippen LogP contribution in [0.5, 0.6) is 0 Å². The molecule has 1 saturated heterocycles. The van der Waals surface area contributed by atoms with E-state index in [1.54, 1.807) is 10.9 Å². The summed E-state index contributed by atoms with van der Waals surface area (Å²) >= 11 is 0. The van der Waals surface area contributed by atoms with Crippen LogP contribution in [-0.4, -0.2) is 51.1 Å². The summed E-state index contributed by atoms with van der Waals surface area (Å²) in [5, 5.41) is 14.2. The smallest absolute Gasteiger partial charge is 0.273 e. The van der Waals surface area contributed by atoms with Crippen LogP contribution in [-0.2, 0) is 9.53 Å². The number of carbonyl (C=O) groups excluding carboxylic acids is 2. The second-order valence-electron chi connectivity index (χ2n) is 9.02. The molecular weight excluding hydrogens is 358 g/mol. The Morgan fingerprint density at radius 1 is 1.21 bits per heavy atom. The first-order valence-electron chi connectivity index (χ1n) is 10.4. The number of rotatable bonds is 5. The number of hydrogen-bond donors (Lipinski definition) is 2. The highest BCUT2D eigenvalue weighted by molar-refractivity contribution is 5.92. The van der Waals surface area contributed by atoms with E-state index < -0.39 is 0 Å². The maximum Gasteiger partial charge on any atom is 0.273 e. The number of nitrogens with zero attached hydrogens (tertiary/aromatic N) is 3. The van der Waals surface area contributed by atoms with E-state index in [0.717, 1.165) is 38.5 Å². The molecule has 156 valence electrons. The normalized spacial score (nSPS) is 27.4. The molecule has 28 heavy (non-hydrogen) atoms. The van der Waals surface area contributed by atoms with Crippen LogP contribution in [0.2, 0.25) is 0 Å². The van der Waals surface area contributed by atoms with Crippen LogP contribution in [0.4, 0.5) is 0 Å². The van der Waals surface area contributed by atoms with Crippen molar-refractivity contribution >= 4 is 11.8 Å². The van der Waals surface area contributed by atoms with E-state index in [-0.39, 0.29) is 41.5 Å². The van der Waals surface area contributed by atoms with Crippen molar-refractivity contribution in [2.24, 2.45) is 5.92 Å². The molecule has 2 N–H and O–H groups in total. The van der Waals surface area contributed by atoms with Gasteiger partial charge in [-0.3, -0.25) is 9.59 Å². The molecule has 8 heteroatoms. The quantitative estimate of drug-likeness (QED) is 0.802. The molecule has 8 nitrogen and oxygen atoms in total. The van der Waals surface area contributed by atoms with Gasteiger partial charge in [-0.05, 0) is 66.2 Å². The molecular formula is C20H33N5O3. The van der Waals surface area contributed by atoms with Crippen LogP contribution < -0.4 is 10.6 Å². The maximum atomic E-state index is 12.6. The van der Waals surface area contributed by atoms with Gasteiger partial charge in [0.2, 0.25) is 5.91 Å². The molecule has 2 amide bonds. The molecule has 1 saturated carbocycles. The molecule has 0 spiro atoms. The third-order valence-corrected chi connectivity index (χ3v) is 5.65. The van der Waals surface area contributed by atoms with Crippen LogP contribution in [0.25, 0.3) is 0 Å².